The van der Waals surface area contributed by atoms with Crippen molar-refractivity contribution in [2.24, 2.45) is 0 Å². The van der Waals surface area contributed by atoms with Crippen LogP contribution in [0.25, 0.3) is 0 Å². The van der Waals surface area contributed by atoms with E-state index in [1.807, 2.05) is 85.2 Å². The summed E-state index contributed by atoms with van der Waals surface area (Å²) in [6.45, 7) is 2.79. The van der Waals surface area contributed by atoms with Gasteiger partial charge >= 0.3 is 5.97 Å². The van der Waals surface area contributed by atoms with Crippen LogP contribution in [0.2, 0.25) is 0 Å². The first kappa shape index (κ1) is 22.7. The van der Waals surface area contributed by atoms with E-state index in [0.29, 0.717) is 13.2 Å². The lowest BCUT2D eigenvalue weighted by Crippen LogP contribution is -2.43. The number of ether oxygens (including phenoxy) is 3. The highest BCUT2D eigenvalue weighted by Gasteiger charge is 2.47. The number of rotatable bonds is 10. The number of benzene rings is 2. The Labute approximate surface area is 193 Å². The molecule has 0 N–H and O–H groups in total. The molecule has 0 aliphatic carbocycles. The second kappa shape index (κ2) is 10.9. The molecule has 2 atom stereocenters. The van der Waals surface area contributed by atoms with E-state index in [1.54, 1.807) is 0 Å². The van der Waals surface area contributed by atoms with E-state index >= 15 is 0 Å². The number of carbonyl (C=O) groups excluding carboxylic acids is 1. The minimum atomic E-state index is -1.31. The molecule has 168 valence electrons. The molecule has 0 radical (unpaired) electrons. The molecule has 0 bridgehead atoms. The van der Waals surface area contributed by atoms with Crippen molar-refractivity contribution in [1.82, 2.24) is 4.90 Å². The predicted molar refractivity (Wildman–Crippen MR) is 126 cm³/mol. The number of esters is 1. The molecule has 1 aliphatic rings. The summed E-state index contributed by atoms with van der Waals surface area (Å²) in [5, 5.41) is 1.96. The molecule has 2 unspecified atom stereocenters. The molecule has 32 heavy (non-hydrogen) atoms. The molecule has 1 fully saturated rings. The van der Waals surface area contributed by atoms with E-state index < -0.39 is 5.60 Å². The Morgan fingerprint density at radius 3 is 2.44 bits per heavy atom. The number of carbonyl (C=O) groups is 1. The second-order valence-electron chi connectivity index (χ2n) is 7.99. The number of likely N-dealkylation sites (tertiary alicyclic amines) is 1. The molecule has 0 spiro atoms. The van der Waals surface area contributed by atoms with Gasteiger partial charge in [0.15, 0.2) is 0 Å². The molecule has 4 rings (SSSR count). The zero-order chi connectivity index (χ0) is 22.2. The first-order valence-electron chi connectivity index (χ1n) is 10.9. The summed E-state index contributed by atoms with van der Waals surface area (Å²) in [6.07, 6.45) is 0.700. The van der Waals surface area contributed by atoms with Gasteiger partial charge in [-0.25, -0.2) is 4.79 Å². The van der Waals surface area contributed by atoms with Crippen LogP contribution in [-0.2, 0) is 31.2 Å². The Morgan fingerprint density at radius 1 is 1.03 bits per heavy atom. The Hall–Kier alpha value is -2.51. The van der Waals surface area contributed by atoms with Crippen LogP contribution in [0.5, 0.6) is 0 Å². The highest BCUT2D eigenvalue weighted by atomic mass is 32.1. The van der Waals surface area contributed by atoms with Crippen molar-refractivity contribution < 1.29 is 19.0 Å². The Bertz CT molecular complexity index is 964. The lowest BCUT2D eigenvalue weighted by Gasteiger charge is -2.32. The maximum Gasteiger partial charge on any atom is 0.349 e. The maximum absolute atomic E-state index is 13.7. The Kier molecular flexibility index (Phi) is 7.71. The van der Waals surface area contributed by atoms with Crippen LogP contribution in [0.1, 0.15) is 22.4 Å². The molecule has 1 aromatic heterocycles. The Morgan fingerprint density at radius 2 is 1.78 bits per heavy atom. The van der Waals surface area contributed by atoms with Gasteiger partial charge in [-0.3, -0.25) is 0 Å². The van der Waals surface area contributed by atoms with Crippen LogP contribution in [0, 0.1) is 0 Å². The van der Waals surface area contributed by atoms with Gasteiger partial charge in [-0.05, 0) is 30.5 Å². The molecular weight excluding hydrogens is 422 g/mol. The number of nitrogens with zero attached hydrogens (tertiary/aromatic N) is 1. The van der Waals surface area contributed by atoms with Crippen molar-refractivity contribution in [2.45, 2.75) is 24.7 Å². The summed E-state index contributed by atoms with van der Waals surface area (Å²) in [6, 6.07) is 23.5. The zero-order valence-electron chi connectivity index (χ0n) is 18.3. The fourth-order valence-electron chi connectivity index (χ4n) is 3.97. The van der Waals surface area contributed by atoms with Gasteiger partial charge < -0.3 is 19.1 Å². The molecule has 5 nitrogen and oxygen atoms in total. The lowest BCUT2D eigenvalue weighted by atomic mass is 9.91. The van der Waals surface area contributed by atoms with E-state index in [0.717, 1.165) is 35.5 Å². The van der Waals surface area contributed by atoms with E-state index in [1.165, 1.54) is 11.3 Å². The Balaban J connectivity index is 1.53. The third-order valence-corrected chi connectivity index (χ3v) is 6.59. The number of hydrogen-bond donors (Lipinski definition) is 0. The van der Waals surface area contributed by atoms with Crippen molar-refractivity contribution in [3.8, 4) is 0 Å². The second-order valence-corrected chi connectivity index (χ2v) is 8.94. The van der Waals surface area contributed by atoms with Crippen molar-refractivity contribution in [2.75, 3.05) is 33.4 Å². The minimum absolute atomic E-state index is 0.131. The minimum Gasteiger partial charge on any atom is -0.458 e. The van der Waals surface area contributed by atoms with Gasteiger partial charge in [0.05, 0.1) is 24.7 Å². The van der Waals surface area contributed by atoms with Crippen molar-refractivity contribution in [3.63, 3.8) is 0 Å². The quantitative estimate of drug-likeness (QED) is 0.336. The van der Waals surface area contributed by atoms with Gasteiger partial charge in [0.25, 0.3) is 0 Å². The predicted octanol–water partition coefficient (Wildman–Crippen LogP) is 4.47. The lowest BCUT2D eigenvalue weighted by molar-refractivity contribution is -0.175. The normalized spacial score (nSPS) is 18.3. The van der Waals surface area contributed by atoms with Gasteiger partial charge in [0.1, 0.15) is 6.10 Å². The summed E-state index contributed by atoms with van der Waals surface area (Å²) in [7, 11) is 2.04. The van der Waals surface area contributed by atoms with E-state index in [9.17, 15) is 4.79 Å². The molecule has 0 amide bonds. The highest BCUT2D eigenvalue weighted by molar-refractivity contribution is 7.10. The van der Waals surface area contributed by atoms with Crippen LogP contribution in [-0.4, -0.2) is 50.3 Å². The van der Waals surface area contributed by atoms with E-state index in [2.05, 4.69) is 4.90 Å². The maximum atomic E-state index is 13.7. The van der Waals surface area contributed by atoms with Gasteiger partial charge in [-0.1, -0.05) is 66.7 Å². The van der Waals surface area contributed by atoms with Crippen molar-refractivity contribution in [1.29, 1.82) is 0 Å². The summed E-state index contributed by atoms with van der Waals surface area (Å²) in [5.74, 6) is -0.366. The third-order valence-electron chi connectivity index (χ3n) is 5.62. The number of hydrogen-bond acceptors (Lipinski definition) is 6. The molecule has 2 aromatic carbocycles. The molecule has 0 saturated carbocycles. The third kappa shape index (κ3) is 5.27. The molecule has 2 heterocycles. The van der Waals surface area contributed by atoms with Crippen LogP contribution in [0.15, 0.2) is 78.2 Å². The van der Waals surface area contributed by atoms with Crippen LogP contribution < -0.4 is 0 Å². The van der Waals surface area contributed by atoms with Gasteiger partial charge in [-0.15, -0.1) is 11.3 Å². The smallest absolute Gasteiger partial charge is 0.349 e. The highest BCUT2D eigenvalue weighted by Crippen LogP contribution is 2.38. The molecular formula is C26H29NO4S. The number of thiophene rings is 1. The van der Waals surface area contributed by atoms with Crippen LogP contribution in [0.3, 0.4) is 0 Å². The molecule has 3 aromatic rings. The molecule has 6 heteroatoms. The van der Waals surface area contributed by atoms with Crippen LogP contribution in [0.4, 0.5) is 0 Å². The fraction of sp³-hybridized carbons (Fsp3) is 0.346. The SMILES string of the molecule is CN1CCC(OC(=O)C(OCCOCc2ccccc2)(c2ccccc2)c2cccs2)C1. The largest absolute Gasteiger partial charge is 0.458 e. The zero-order valence-corrected chi connectivity index (χ0v) is 19.1. The van der Waals surface area contributed by atoms with Gasteiger partial charge in [-0.2, -0.15) is 0 Å². The standard InChI is InChI=1S/C26H29NO4S/c1-27-15-14-23(19-27)31-25(28)26(24-13-8-18-32-24,22-11-6-3-7-12-22)30-17-16-29-20-21-9-4-2-5-10-21/h2-13,18,23H,14-17,19-20H2,1H3. The van der Waals surface area contributed by atoms with Gasteiger partial charge in [0, 0.05) is 18.7 Å². The monoisotopic (exact) mass is 451 g/mol. The summed E-state index contributed by atoms with van der Waals surface area (Å²) >= 11 is 1.50. The van der Waals surface area contributed by atoms with Crippen LogP contribution >= 0.6 is 11.3 Å². The topological polar surface area (TPSA) is 48.0 Å². The van der Waals surface area contributed by atoms with Gasteiger partial charge in [0.2, 0.25) is 5.60 Å². The average molecular weight is 452 g/mol. The summed E-state index contributed by atoms with van der Waals surface area (Å²) in [5.41, 5.74) is 0.555. The van der Waals surface area contributed by atoms with Crippen molar-refractivity contribution in [3.05, 3.63) is 94.2 Å². The summed E-state index contributed by atoms with van der Waals surface area (Å²) in [4.78, 5) is 16.7. The van der Waals surface area contributed by atoms with E-state index in [-0.39, 0.29) is 18.7 Å². The average Bonchev–Trinajstić information content (AvgIpc) is 3.50. The first-order chi connectivity index (χ1) is 15.7. The molecule has 1 saturated heterocycles. The molecule has 1 aliphatic heterocycles. The van der Waals surface area contributed by atoms with Crippen molar-refractivity contribution >= 4 is 17.3 Å². The summed E-state index contributed by atoms with van der Waals surface area (Å²) < 4.78 is 18.2. The fourth-order valence-corrected chi connectivity index (χ4v) is 4.86. The number of likely N-dealkylation sites (N-methyl/N-ethyl adjacent to an activating group) is 1. The first-order valence-corrected chi connectivity index (χ1v) is 11.8. The van der Waals surface area contributed by atoms with E-state index in [4.69, 9.17) is 14.2 Å².